The number of benzene rings is 1. The molecule has 1 amide bonds. The first-order valence-electron chi connectivity index (χ1n) is 10.3. The highest BCUT2D eigenvalue weighted by Crippen LogP contribution is 2.38. The van der Waals surface area contributed by atoms with E-state index in [1.807, 2.05) is 29.3 Å². The fourth-order valence-corrected chi connectivity index (χ4v) is 4.37. The van der Waals surface area contributed by atoms with Crippen LogP contribution >= 0.6 is 0 Å². The molecule has 2 atom stereocenters. The monoisotopic (exact) mass is 399 g/mol. The molecule has 0 spiro atoms. The largest absolute Gasteiger partial charge is 0.496 e. The molecule has 29 heavy (non-hydrogen) atoms. The SMILES string of the molecule is COCC(=O)N(C[C@H]1CN(Cc2ccc[nH]2)C[C@@H]1c1ccccc1OC)C(C)C. The highest BCUT2D eigenvalue weighted by atomic mass is 16.5. The van der Waals surface area contributed by atoms with Gasteiger partial charge in [0.2, 0.25) is 5.91 Å². The first kappa shape index (κ1) is 21.4. The average Bonchev–Trinajstić information content (AvgIpc) is 3.36. The number of hydrogen-bond donors (Lipinski definition) is 1. The van der Waals surface area contributed by atoms with Crippen molar-refractivity contribution in [1.82, 2.24) is 14.8 Å². The fraction of sp³-hybridized carbons (Fsp3) is 0.522. The van der Waals surface area contributed by atoms with E-state index in [0.29, 0.717) is 18.4 Å². The fourth-order valence-electron chi connectivity index (χ4n) is 4.37. The van der Waals surface area contributed by atoms with Crippen LogP contribution in [0.3, 0.4) is 0 Å². The number of rotatable bonds is 9. The Morgan fingerprint density at radius 1 is 1.21 bits per heavy atom. The Kier molecular flexibility index (Phi) is 7.34. The molecule has 3 rings (SSSR count). The number of H-pyrrole nitrogens is 1. The molecule has 1 aromatic heterocycles. The van der Waals surface area contributed by atoms with Crippen molar-refractivity contribution < 1.29 is 14.3 Å². The molecule has 6 nitrogen and oxygen atoms in total. The summed E-state index contributed by atoms with van der Waals surface area (Å²) < 4.78 is 10.8. The van der Waals surface area contributed by atoms with Crippen LogP contribution < -0.4 is 4.74 Å². The summed E-state index contributed by atoms with van der Waals surface area (Å²) in [5.41, 5.74) is 2.43. The molecular weight excluding hydrogens is 366 g/mol. The Bertz CT molecular complexity index is 775. The molecule has 0 aliphatic carbocycles. The molecule has 0 unspecified atom stereocenters. The molecule has 1 aliphatic rings. The number of aromatic amines is 1. The Hall–Kier alpha value is -2.31. The summed E-state index contributed by atoms with van der Waals surface area (Å²) >= 11 is 0. The van der Waals surface area contributed by atoms with Crippen molar-refractivity contribution >= 4 is 5.91 Å². The van der Waals surface area contributed by atoms with Crippen LogP contribution in [0.25, 0.3) is 0 Å². The zero-order valence-electron chi connectivity index (χ0n) is 17.9. The number of carbonyl (C=O) groups excluding carboxylic acids is 1. The first-order chi connectivity index (χ1) is 14.0. The number of amides is 1. The van der Waals surface area contributed by atoms with Gasteiger partial charge < -0.3 is 19.4 Å². The molecule has 1 aliphatic heterocycles. The first-order valence-corrected chi connectivity index (χ1v) is 10.3. The standard InChI is InChI=1S/C23H33N3O3/c1-17(2)26(23(27)16-28-3)13-18-12-25(14-19-8-7-11-24-19)15-21(18)20-9-5-6-10-22(20)29-4/h5-11,17-18,21,24H,12-16H2,1-4H3/t18-,21+/m1/s1. The van der Waals surface area contributed by atoms with Crippen molar-refractivity contribution in [2.75, 3.05) is 40.5 Å². The molecule has 1 N–H and O–H groups in total. The number of methoxy groups -OCH3 is 2. The molecule has 1 fully saturated rings. The predicted octanol–water partition coefficient (Wildman–Crippen LogP) is 3.12. The Labute approximate surface area is 173 Å². The topological polar surface area (TPSA) is 57.8 Å². The van der Waals surface area contributed by atoms with Gasteiger partial charge in [0.15, 0.2) is 0 Å². The van der Waals surface area contributed by atoms with Gasteiger partial charge in [-0.2, -0.15) is 0 Å². The Balaban J connectivity index is 1.84. The van der Waals surface area contributed by atoms with E-state index in [0.717, 1.165) is 25.4 Å². The van der Waals surface area contributed by atoms with Crippen LogP contribution in [0.1, 0.15) is 31.0 Å². The summed E-state index contributed by atoms with van der Waals surface area (Å²) in [4.78, 5) is 20.4. The number of carbonyl (C=O) groups is 1. The van der Waals surface area contributed by atoms with Gasteiger partial charge in [-0.15, -0.1) is 0 Å². The summed E-state index contributed by atoms with van der Waals surface area (Å²) in [6.45, 7) is 7.72. The van der Waals surface area contributed by atoms with E-state index in [1.54, 1.807) is 14.2 Å². The predicted molar refractivity (Wildman–Crippen MR) is 114 cm³/mol. The average molecular weight is 400 g/mol. The van der Waals surface area contributed by atoms with Gasteiger partial charge in [0.1, 0.15) is 12.4 Å². The molecule has 1 saturated heterocycles. The minimum Gasteiger partial charge on any atom is -0.496 e. The van der Waals surface area contributed by atoms with Crippen molar-refractivity contribution in [2.24, 2.45) is 5.92 Å². The van der Waals surface area contributed by atoms with E-state index in [-0.39, 0.29) is 18.6 Å². The molecule has 0 saturated carbocycles. The van der Waals surface area contributed by atoms with E-state index in [1.165, 1.54) is 11.3 Å². The number of nitrogens with zero attached hydrogens (tertiary/aromatic N) is 2. The van der Waals surface area contributed by atoms with Crippen molar-refractivity contribution in [1.29, 1.82) is 0 Å². The van der Waals surface area contributed by atoms with Gasteiger partial charge in [-0.25, -0.2) is 0 Å². The third-order valence-electron chi connectivity index (χ3n) is 5.75. The lowest BCUT2D eigenvalue weighted by atomic mass is 9.87. The molecule has 2 aromatic rings. The van der Waals surface area contributed by atoms with Crippen LogP contribution in [0.2, 0.25) is 0 Å². The quantitative estimate of drug-likeness (QED) is 0.704. The minimum atomic E-state index is 0.0455. The van der Waals surface area contributed by atoms with Gasteiger partial charge >= 0.3 is 0 Å². The minimum absolute atomic E-state index is 0.0455. The summed E-state index contributed by atoms with van der Waals surface area (Å²) in [7, 11) is 3.30. The van der Waals surface area contributed by atoms with Crippen molar-refractivity contribution in [3.63, 3.8) is 0 Å². The molecule has 2 heterocycles. The number of hydrogen-bond acceptors (Lipinski definition) is 4. The second-order valence-corrected chi connectivity index (χ2v) is 8.07. The second kappa shape index (κ2) is 9.94. The van der Waals surface area contributed by atoms with Crippen LogP contribution in [0.4, 0.5) is 0 Å². The van der Waals surface area contributed by atoms with Crippen molar-refractivity contribution in [2.45, 2.75) is 32.4 Å². The normalized spacial score (nSPS) is 19.6. The van der Waals surface area contributed by atoms with E-state index in [2.05, 4.69) is 41.9 Å². The van der Waals surface area contributed by atoms with Crippen LogP contribution in [0.15, 0.2) is 42.6 Å². The van der Waals surface area contributed by atoms with Crippen LogP contribution in [-0.4, -0.2) is 67.2 Å². The number of nitrogens with one attached hydrogen (secondary N) is 1. The van der Waals surface area contributed by atoms with Gasteiger partial charge in [0.25, 0.3) is 0 Å². The summed E-state index contributed by atoms with van der Waals surface area (Å²) in [5.74, 6) is 1.59. The Morgan fingerprint density at radius 2 is 2.00 bits per heavy atom. The van der Waals surface area contributed by atoms with Gasteiger partial charge in [0.05, 0.1) is 7.11 Å². The summed E-state index contributed by atoms with van der Waals surface area (Å²) in [6, 6.07) is 12.5. The highest BCUT2D eigenvalue weighted by molar-refractivity contribution is 5.77. The van der Waals surface area contributed by atoms with Crippen LogP contribution in [0, 0.1) is 5.92 Å². The van der Waals surface area contributed by atoms with Crippen LogP contribution in [-0.2, 0) is 16.1 Å². The van der Waals surface area contributed by atoms with Gasteiger partial charge in [-0.1, -0.05) is 18.2 Å². The third kappa shape index (κ3) is 5.19. The maximum atomic E-state index is 12.6. The van der Waals surface area contributed by atoms with Gasteiger partial charge in [-0.05, 0) is 43.5 Å². The zero-order valence-corrected chi connectivity index (χ0v) is 17.9. The lowest BCUT2D eigenvalue weighted by molar-refractivity contribution is -0.137. The Morgan fingerprint density at radius 3 is 2.66 bits per heavy atom. The van der Waals surface area contributed by atoms with Crippen molar-refractivity contribution in [3.8, 4) is 5.75 Å². The number of para-hydroxylation sites is 1. The third-order valence-corrected chi connectivity index (χ3v) is 5.75. The van der Waals surface area contributed by atoms with Crippen molar-refractivity contribution in [3.05, 3.63) is 53.9 Å². The van der Waals surface area contributed by atoms with Crippen LogP contribution in [0.5, 0.6) is 5.75 Å². The van der Waals surface area contributed by atoms with Gasteiger partial charge in [0, 0.05) is 57.1 Å². The summed E-state index contributed by atoms with van der Waals surface area (Å²) in [6.07, 6.45) is 1.96. The van der Waals surface area contributed by atoms with E-state index < -0.39 is 0 Å². The zero-order chi connectivity index (χ0) is 20.8. The highest BCUT2D eigenvalue weighted by Gasteiger charge is 2.37. The molecule has 158 valence electrons. The molecule has 0 bridgehead atoms. The van der Waals surface area contributed by atoms with E-state index in [9.17, 15) is 4.79 Å². The number of ether oxygens (including phenoxy) is 2. The van der Waals surface area contributed by atoms with Gasteiger partial charge in [-0.3, -0.25) is 9.69 Å². The molecule has 0 radical (unpaired) electrons. The second-order valence-electron chi connectivity index (χ2n) is 8.07. The molecular formula is C23H33N3O3. The van der Waals surface area contributed by atoms with E-state index >= 15 is 0 Å². The maximum Gasteiger partial charge on any atom is 0.248 e. The maximum absolute atomic E-state index is 12.6. The lowest BCUT2D eigenvalue weighted by Gasteiger charge is -2.31. The lowest BCUT2D eigenvalue weighted by Crippen LogP contribution is -2.43. The number of likely N-dealkylation sites (tertiary alicyclic amines) is 1. The van der Waals surface area contributed by atoms with E-state index in [4.69, 9.17) is 9.47 Å². The molecule has 1 aromatic carbocycles. The number of aromatic nitrogens is 1. The smallest absolute Gasteiger partial charge is 0.248 e. The summed E-state index contributed by atoms with van der Waals surface area (Å²) in [5, 5.41) is 0. The molecule has 6 heteroatoms.